The normalized spacial score (nSPS) is 21.0. The quantitative estimate of drug-likeness (QED) is 0.465. The minimum atomic E-state index is -3.43. The number of hydrogen-bond donors (Lipinski definition) is 2. The van der Waals surface area contributed by atoms with E-state index >= 15 is 0 Å². The molecule has 2 aliphatic rings. The lowest BCUT2D eigenvalue weighted by Crippen LogP contribution is -2.56. The summed E-state index contributed by atoms with van der Waals surface area (Å²) in [5.74, 6) is -1.78. The molecule has 12 heteroatoms. The van der Waals surface area contributed by atoms with E-state index in [0.717, 1.165) is 11.8 Å². The van der Waals surface area contributed by atoms with Crippen molar-refractivity contribution in [3.05, 3.63) is 71.1 Å². The Kier molecular flexibility index (Phi) is 8.44. The van der Waals surface area contributed by atoms with E-state index in [1.165, 1.54) is 48.0 Å². The van der Waals surface area contributed by atoms with Crippen molar-refractivity contribution < 1.29 is 27.6 Å². The van der Waals surface area contributed by atoms with Crippen molar-refractivity contribution in [3.63, 3.8) is 0 Å². The summed E-state index contributed by atoms with van der Waals surface area (Å²) in [6.45, 7) is 15.2. The smallest absolute Gasteiger partial charge is 0.302 e. The zero-order chi connectivity index (χ0) is 31.9. The second kappa shape index (κ2) is 11.4. The summed E-state index contributed by atoms with van der Waals surface area (Å²) < 4.78 is 23.5. The van der Waals surface area contributed by atoms with Gasteiger partial charge in [0, 0.05) is 31.1 Å². The van der Waals surface area contributed by atoms with Crippen LogP contribution in [0.3, 0.4) is 0 Å². The Balaban J connectivity index is 1.56. The highest BCUT2D eigenvalue weighted by molar-refractivity contribution is 7.90. The Morgan fingerprint density at radius 3 is 2.37 bits per heavy atom. The molecule has 0 bridgehead atoms. The van der Waals surface area contributed by atoms with Crippen LogP contribution >= 0.6 is 0 Å². The summed E-state index contributed by atoms with van der Waals surface area (Å²) in [7, 11) is -1.94. The van der Waals surface area contributed by atoms with Gasteiger partial charge in [0.15, 0.2) is 9.84 Å². The maximum Gasteiger partial charge on any atom is 0.302 e. The van der Waals surface area contributed by atoms with Gasteiger partial charge in [-0.15, -0.1) is 0 Å². The number of sulfone groups is 1. The summed E-state index contributed by atoms with van der Waals surface area (Å²) in [5.41, 5.74) is 0.158. The maximum absolute atomic E-state index is 14.2. The topological polar surface area (TPSA) is 137 Å². The van der Waals surface area contributed by atoms with E-state index in [-0.39, 0.29) is 41.2 Å². The average Bonchev–Trinajstić information content (AvgIpc) is 3.47. The van der Waals surface area contributed by atoms with E-state index < -0.39 is 51.2 Å². The molecule has 228 valence electrons. The highest BCUT2D eigenvalue weighted by atomic mass is 32.2. The number of carbonyl (C=O) groups is 4. The number of nitrogens with zero attached hydrogens (tertiary/aromatic N) is 3. The predicted octanol–water partition coefficient (Wildman–Crippen LogP) is 2.84. The first-order valence-electron chi connectivity index (χ1n) is 13.9. The molecule has 0 aromatic heterocycles. The maximum atomic E-state index is 14.2. The Bertz CT molecular complexity index is 1610. The molecular formula is C31H37N5O6S. The van der Waals surface area contributed by atoms with Gasteiger partial charge in [0.1, 0.15) is 17.5 Å². The molecule has 2 N–H and O–H groups in total. The zero-order valence-electron chi connectivity index (χ0n) is 25.2. The molecule has 11 nitrogen and oxygen atoms in total. The number of fused-ring (bicyclic) bond motifs is 2. The Morgan fingerprint density at radius 2 is 1.79 bits per heavy atom. The number of likely N-dealkylation sites (tertiary alicyclic amines) is 1. The number of rotatable bonds is 7. The third kappa shape index (κ3) is 6.27. The van der Waals surface area contributed by atoms with Gasteiger partial charge in [-0.3, -0.25) is 28.9 Å². The van der Waals surface area contributed by atoms with Crippen molar-refractivity contribution in [1.29, 1.82) is 0 Å². The SMILES string of the molecule is [C-]#[N+][C@@H]1C[C@@]2(CN1C(=O)[C@H](CC(C)(C)C)N(C)C(=O)[C@H](C)NC(=O)c1ccc(S(C)(=O)=O)cc1)C(=O)Nc1ccccc12. The monoisotopic (exact) mass is 607 g/mol. The number of benzene rings is 2. The fourth-order valence-corrected chi connectivity index (χ4v) is 6.40. The highest BCUT2D eigenvalue weighted by Crippen LogP contribution is 2.47. The highest BCUT2D eigenvalue weighted by Gasteiger charge is 2.59. The molecular weight excluding hydrogens is 570 g/mol. The van der Waals surface area contributed by atoms with Gasteiger partial charge in [0.25, 0.3) is 11.8 Å². The summed E-state index contributed by atoms with van der Waals surface area (Å²) >= 11 is 0. The third-order valence-electron chi connectivity index (χ3n) is 8.06. The summed E-state index contributed by atoms with van der Waals surface area (Å²) in [6.07, 6.45) is 0.605. The largest absolute Gasteiger partial charge is 0.341 e. The van der Waals surface area contributed by atoms with Gasteiger partial charge in [0.2, 0.25) is 11.8 Å². The van der Waals surface area contributed by atoms with Crippen LogP contribution in [0, 0.1) is 12.0 Å². The summed E-state index contributed by atoms with van der Waals surface area (Å²) in [4.78, 5) is 60.4. The molecule has 4 atom stereocenters. The first-order valence-corrected chi connectivity index (χ1v) is 15.8. The number of likely N-dealkylation sites (N-methyl/N-ethyl adjacent to an activating group) is 1. The summed E-state index contributed by atoms with van der Waals surface area (Å²) in [5, 5.41) is 5.52. The van der Waals surface area contributed by atoms with Gasteiger partial charge < -0.3 is 15.5 Å². The predicted molar refractivity (Wildman–Crippen MR) is 161 cm³/mol. The molecule has 43 heavy (non-hydrogen) atoms. The van der Waals surface area contributed by atoms with E-state index in [1.54, 1.807) is 6.07 Å². The van der Waals surface area contributed by atoms with Crippen LogP contribution < -0.4 is 10.6 Å². The fourth-order valence-electron chi connectivity index (χ4n) is 5.77. The first-order chi connectivity index (χ1) is 20.0. The van der Waals surface area contributed by atoms with E-state index in [0.29, 0.717) is 5.69 Å². The molecule has 2 heterocycles. The molecule has 4 amide bonds. The van der Waals surface area contributed by atoms with Crippen LogP contribution in [0.2, 0.25) is 0 Å². The molecule has 0 radical (unpaired) electrons. The molecule has 0 unspecified atom stereocenters. The molecule has 1 fully saturated rings. The number of amides is 4. The second-order valence-electron chi connectivity index (χ2n) is 12.6. The number of para-hydroxylation sites is 1. The Morgan fingerprint density at radius 1 is 1.16 bits per heavy atom. The van der Waals surface area contributed by atoms with Crippen LogP contribution in [0.25, 0.3) is 4.85 Å². The van der Waals surface area contributed by atoms with Gasteiger partial charge in [-0.25, -0.2) is 15.0 Å². The van der Waals surface area contributed by atoms with Crippen molar-refractivity contribution in [2.24, 2.45) is 5.41 Å². The zero-order valence-corrected chi connectivity index (χ0v) is 26.0. The van der Waals surface area contributed by atoms with Gasteiger partial charge >= 0.3 is 6.17 Å². The Hall–Kier alpha value is -4.24. The molecule has 2 aromatic rings. The van der Waals surface area contributed by atoms with Gasteiger partial charge in [-0.2, -0.15) is 0 Å². The first kappa shape index (κ1) is 31.7. The van der Waals surface area contributed by atoms with Crippen LogP contribution in [0.4, 0.5) is 5.69 Å². The molecule has 1 saturated heterocycles. The molecule has 1 spiro atoms. The summed E-state index contributed by atoms with van der Waals surface area (Å²) in [6, 6.07) is 10.7. The third-order valence-corrected chi connectivity index (χ3v) is 9.19. The van der Waals surface area contributed by atoms with Crippen LogP contribution in [0.5, 0.6) is 0 Å². The number of anilines is 1. The van der Waals surface area contributed by atoms with E-state index in [2.05, 4.69) is 15.5 Å². The number of carbonyl (C=O) groups excluding carboxylic acids is 4. The Labute approximate surface area is 252 Å². The minimum Gasteiger partial charge on any atom is -0.341 e. The average molecular weight is 608 g/mol. The second-order valence-corrected chi connectivity index (χ2v) is 14.6. The van der Waals surface area contributed by atoms with Crippen molar-refractivity contribution in [2.75, 3.05) is 25.2 Å². The van der Waals surface area contributed by atoms with Crippen LogP contribution in [-0.2, 0) is 29.6 Å². The van der Waals surface area contributed by atoms with Crippen molar-refractivity contribution >= 4 is 39.2 Å². The van der Waals surface area contributed by atoms with E-state index in [9.17, 15) is 27.6 Å². The lowest BCUT2D eigenvalue weighted by atomic mass is 9.80. The van der Waals surface area contributed by atoms with Crippen molar-refractivity contribution in [1.82, 2.24) is 15.1 Å². The fraction of sp³-hybridized carbons (Fsp3) is 0.452. The van der Waals surface area contributed by atoms with Gasteiger partial charge in [0.05, 0.1) is 11.3 Å². The lowest BCUT2D eigenvalue weighted by Gasteiger charge is -2.36. The van der Waals surface area contributed by atoms with E-state index in [1.807, 2.05) is 39.0 Å². The van der Waals surface area contributed by atoms with Crippen LogP contribution in [0.15, 0.2) is 53.4 Å². The van der Waals surface area contributed by atoms with Crippen LogP contribution in [-0.4, -0.2) is 79.9 Å². The molecule has 4 rings (SSSR count). The van der Waals surface area contributed by atoms with E-state index in [4.69, 9.17) is 6.57 Å². The molecule has 2 aromatic carbocycles. The van der Waals surface area contributed by atoms with Crippen LogP contribution in [0.1, 0.15) is 56.5 Å². The minimum absolute atomic E-state index is 0.0141. The van der Waals surface area contributed by atoms with Crippen molar-refractivity contribution in [2.45, 2.75) is 69.1 Å². The lowest BCUT2D eigenvalue weighted by molar-refractivity contribution is -0.146. The molecule has 2 aliphatic heterocycles. The van der Waals surface area contributed by atoms with Crippen molar-refractivity contribution in [3.8, 4) is 0 Å². The van der Waals surface area contributed by atoms with Gasteiger partial charge in [-0.1, -0.05) is 39.0 Å². The number of nitrogens with one attached hydrogen (secondary N) is 2. The molecule has 0 saturated carbocycles. The van der Waals surface area contributed by atoms with Gasteiger partial charge in [-0.05, 0) is 54.7 Å². The molecule has 0 aliphatic carbocycles. The number of hydrogen-bond acceptors (Lipinski definition) is 6. The standard InChI is InChI=1S/C31H37N5O6S/c1-19(33-26(37)20-12-14-21(15-13-20)43(7,41)42)27(38)35(6)24(16-30(2,3)4)28(39)36-18-31(17-25(36)32-5)22-10-8-9-11-23(22)34-29(31)40/h8-15,19,24-25H,16-18H2,1-4,6-7H3,(H,33,37)(H,34,40)/t19-,24-,25-,31-/m0/s1.